The highest BCUT2D eigenvalue weighted by molar-refractivity contribution is 5.30. The van der Waals surface area contributed by atoms with E-state index in [-0.39, 0.29) is 5.56 Å². The van der Waals surface area contributed by atoms with Gasteiger partial charge in [0.25, 0.3) is 5.56 Å². The molecule has 84 valence electrons. The Morgan fingerprint density at radius 1 is 1.56 bits per heavy atom. The van der Waals surface area contributed by atoms with Crippen LogP contribution in [0.15, 0.2) is 10.9 Å². The van der Waals surface area contributed by atoms with Crippen LogP contribution in [0.5, 0.6) is 0 Å². The predicted octanol–water partition coefficient (Wildman–Crippen LogP) is 1.25. The number of nitrogens with one attached hydrogen (secondary N) is 1. The molecule has 0 amide bonds. The number of aryl methyl sites for hydroxylation is 1. The lowest BCUT2D eigenvalue weighted by molar-refractivity contribution is 0.776. The van der Waals surface area contributed by atoms with Gasteiger partial charge in [-0.15, -0.1) is 5.10 Å². The predicted molar refractivity (Wildman–Crippen MR) is 59.6 cm³/mol. The molecule has 0 aliphatic heterocycles. The van der Waals surface area contributed by atoms with Crippen LogP contribution in [-0.4, -0.2) is 19.6 Å². The van der Waals surface area contributed by atoms with E-state index >= 15 is 0 Å². The van der Waals surface area contributed by atoms with E-state index in [2.05, 4.69) is 22.0 Å². The number of hydrogen-bond donors (Lipinski definition) is 1. The summed E-state index contributed by atoms with van der Waals surface area (Å²) in [7, 11) is 0. The topological polar surface area (TPSA) is 63.0 Å². The highest BCUT2D eigenvalue weighted by Crippen LogP contribution is 2.38. The Bertz CT molecular complexity index is 579. The maximum absolute atomic E-state index is 11.4. The third-order valence-corrected chi connectivity index (χ3v) is 2.88. The van der Waals surface area contributed by atoms with Crippen LogP contribution in [0.3, 0.4) is 0 Å². The maximum Gasteiger partial charge on any atom is 0.252 e. The average molecular weight is 218 g/mol. The van der Waals surface area contributed by atoms with Crippen molar-refractivity contribution in [3.63, 3.8) is 0 Å². The fourth-order valence-corrected chi connectivity index (χ4v) is 1.92. The van der Waals surface area contributed by atoms with Gasteiger partial charge in [-0.1, -0.05) is 13.3 Å². The van der Waals surface area contributed by atoms with Gasteiger partial charge in [0.05, 0.1) is 5.69 Å². The summed E-state index contributed by atoms with van der Waals surface area (Å²) in [5.74, 6) is 1.97. The van der Waals surface area contributed by atoms with E-state index in [1.807, 2.05) is 0 Å². The van der Waals surface area contributed by atoms with Crippen molar-refractivity contribution in [2.24, 2.45) is 0 Å². The first-order valence-electron chi connectivity index (χ1n) is 5.77. The molecule has 5 heteroatoms. The smallest absolute Gasteiger partial charge is 0.252 e. The first kappa shape index (κ1) is 9.57. The summed E-state index contributed by atoms with van der Waals surface area (Å²) in [6.07, 6.45) is 4.19. The van der Waals surface area contributed by atoms with Crippen molar-refractivity contribution >= 4 is 5.78 Å². The van der Waals surface area contributed by atoms with E-state index in [1.165, 1.54) is 12.8 Å². The number of hydrogen-bond acceptors (Lipinski definition) is 3. The van der Waals surface area contributed by atoms with Gasteiger partial charge >= 0.3 is 0 Å². The van der Waals surface area contributed by atoms with Crippen molar-refractivity contribution in [2.45, 2.75) is 38.5 Å². The fourth-order valence-electron chi connectivity index (χ4n) is 1.92. The van der Waals surface area contributed by atoms with Crippen molar-refractivity contribution in [1.29, 1.82) is 0 Å². The average Bonchev–Trinajstić information content (AvgIpc) is 3.00. The van der Waals surface area contributed by atoms with Crippen LogP contribution in [0.1, 0.15) is 43.6 Å². The van der Waals surface area contributed by atoms with Gasteiger partial charge in [0.15, 0.2) is 5.82 Å². The molecule has 1 fully saturated rings. The molecular formula is C11H14N4O. The Hall–Kier alpha value is -1.65. The van der Waals surface area contributed by atoms with Gasteiger partial charge in [-0.2, -0.15) is 4.98 Å². The third-order valence-electron chi connectivity index (χ3n) is 2.88. The van der Waals surface area contributed by atoms with Gasteiger partial charge in [-0.25, -0.2) is 4.52 Å². The maximum atomic E-state index is 11.4. The van der Waals surface area contributed by atoms with Gasteiger partial charge in [-0.05, 0) is 19.3 Å². The molecule has 0 saturated heterocycles. The standard InChI is InChI=1S/C11H14N4O/c1-2-3-8-6-9(16)12-11-13-10(7-4-5-7)14-15(8)11/h6-7H,2-5H2,1H3,(H,12,13,14,16). The Balaban J connectivity index is 2.19. The molecule has 1 aliphatic rings. The monoisotopic (exact) mass is 218 g/mol. The molecule has 3 rings (SSSR count). The fraction of sp³-hybridized carbons (Fsp3) is 0.545. The number of fused-ring (bicyclic) bond motifs is 1. The summed E-state index contributed by atoms with van der Waals surface area (Å²) in [5, 5.41) is 4.47. The van der Waals surface area contributed by atoms with Crippen LogP contribution in [-0.2, 0) is 6.42 Å². The second kappa shape index (κ2) is 3.43. The van der Waals surface area contributed by atoms with Crippen LogP contribution in [0.2, 0.25) is 0 Å². The van der Waals surface area contributed by atoms with Crippen molar-refractivity contribution in [3.05, 3.63) is 27.9 Å². The molecule has 0 aromatic carbocycles. The Morgan fingerprint density at radius 3 is 3.06 bits per heavy atom. The summed E-state index contributed by atoms with van der Waals surface area (Å²) < 4.78 is 1.78. The van der Waals surface area contributed by atoms with Crippen LogP contribution < -0.4 is 5.56 Å². The number of nitrogens with zero attached hydrogens (tertiary/aromatic N) is 3. The zero-order valence-electron chi connectivity index (χ0n) is 9.23. The minimum Gasteiger partial charge on any atom is -0.291 e. The van der Waals surface area contributed by atoms with Crippen LogP contribution >= 0.6 is 0 Å². The summed E-state index contributed by atoms with van der Waals surface area (Å²) in [5.41, 5.74) is 0.853. The Labute approximate surface area is 92.5 Å². The zero-order valence-corrected chi connectivity index (χ0v) is 9.23. The number of rotatable bonds is 3. The summed E-state index contributed by atoms with van der Waals surface area (Å²) in [6, 6.07) is 1.61. The Morgan fingerprint density at radius 2 is 2.38 bits per heavy atom. The lowest BCUT2D eigenvalue weighted by atomic mass is 10.2. The normalized spacial score (nSPS) is 15.8. The zero-order chi connectivity index (χ0) is 11.1. The lowest BCUT2D eigenvalue weighted by Gasteiger charge is -1.99. The largest absolute Gasteiger partial charge is 0.291 e. The molecule has 0 atom stereocenters. The molecule has 0 spiro atoms. The third kappa shape index (κ3) is 1.52. The van der Waals surface area contributed by atoms with Crippen molar-refractivity contribution < 1.29 is 0 Å². The van der Waals surface area contributed by atoms with E-state index < -0.39 is 0 Å². The number of aromatic nitrogens is 4. The minimum atomic E-state index is -0.0919. The first-order chi connectivity index (χ1) is 7.78. The molecule has 2 heterocycles. The van der Waals surface area contributed by atoms with Crippen LogP contribution in [0.4, 0.5) is 0 Å². The highest BCUT2D eigenvalue weighted by atomic mass is 16.1. The first-order valence-corrected chi connectivity index (χ1v) is 5.77. The van der Waals surface area contributed by atoms with Crippen LogP contribution in [0, 0.1) is 0 Å². The Kier molecular flexibility index (Phi) is 2.05. The van der Waals surface area contributed by atoms with Crippen molar-refractivity contribution in [1.82, 2.24) is 19.6 Å². The summed E-state index contributed by atoms with van der Waals surface area (Å²) in [4.78, 5) is 18.5. The highest BCUT2D eigenvalue weighted by Gasteiger charge is 2.28. The van der Waals surface area contributed by atoms with Gasteiger partial charge in [0.1, 0.15) is 0 Å². The minimum absolute atomic E-state index is 0.0919. The van der Waals surface area contributed by atoms with E-state index in [0.29, 0.717) is 11.7 Å². The van der Waals surface area contributed by atoms with Gasteiger partial charge < -0.3 is 0 Å². The quantitative estimate of drug-likeness (QED) is 0.843. The van der Waals surface area contributed by atoms with Crippen molar-refractivity contribution in [2.75, 3.05) is 0 Å². The molecule has 0 bridgehead atoms. The van der Waals surface area contributed by atoms with Crippen LogP contribution in [0.25, 0.3) is 5.78 Å². The summed E-state index contributed by atoms with van der Waals surface area (Å²) in [6.45, 7) is 2.09. The van der Waals surface area contributed by atoms with Gasteiger partial charge in [-0.3, -0.25) is 9.78 Å². The summed E-state index contributed by atoms with van der Waals surface area (Å²) >= 11 is 0. The van der Waals surface area contributed by atoms with Crippen molar-refractivity contribution in [3.8, 4) is 0 Å². The molecule has 5 nitrogen and oxygen atoms in total. The second-order valence-corrected chi connectivity index (χ2v) is 4.35. The molecular weight excluding hydrogens is 204 g/mol. The van der Waals surface area contributed by atoms with Gasteiger partial charge in [0.2, 0.25) is 5.78 Å². The number of aromatic amines is 1. The molecule has 0 unspecified atom stereocenters. The second-order valence-electron chi connectivity index (χ2n) is 4.35. The van der Waals surface area contributed by atoms with Gasteiger partial charge in [0, 0.05) is 12.0 Å². The van der Waals surface area contributed by atoms with E-state index in [1.54, 1.807) is 10.6 Å². The molecule has 1 N–H and O–H groups in total. The lowest BCUT2D eigenvalue weighted by Crippen LogP contribution is -2.12. The molecule has 2 aromatic rings. The molecule has 2 aromatic heterocycles. The van der Waals surface area contributed by atoms with E-state index in [0.717, 1.165) is 24.4 Å². The SMILES string of the molecule is CCCc1cc(=O)[nH]c2nc(C3CC3)nn12. The van der Waals surface area contributed by atoms with E-state index in [9.17, 15) is 4.79 Å². The molecule has 16 heavy (non-hydrogen) atoms. The number of H-pyrrole nitrogens is 1. The molecule has 1 aliphatic carbocycles. The van der Waals surface area contributed by atoms with E-state index in [4.69, 9.17) is 0 Å². The molecule has 0 radical (unpaired) electrons. The molecule has 1 saturated carbocycles.